The van der Waals surface area contributed by atoms with Crippen LogP contribution in [0.4, 0.5) is 5.69 Å². The van der Waals surface area contributed by atoms with Crippen LogP contribution in [0.1, 0.15) is 37.7 Å². The van der Waals surface area contributed by atoms with Crippen LogP contribution in [-0.2, 0) is 21.4 Å². The summed E-state index contributed by atoms with van der Waals surface area (Å²) in [6, 6.07) is 10.2. The predicted octanol–water partition coefficient (Wildman–Crippen LogP) is 5.03. The average Bonchev–Trinajstić information content (AvgIpc) is 2.86. The molecule has 2 fully saturated rings. The molecule has 7 nitrogen and oxygen atoms in total. The molecule has 2 aromatic rings. The van der Waals surface area contributed by atoms with Gasteiger partial charge in [-0.1, -0.05) is 35.7 Å². The van der Waals surface area contributed by atoms with Gasteiger partial charge >= 0.3 is 0 Å². The Hall–Kier alpha value is -1.84. The van der Waals surface area contributed by atoms with E-state index in [0.717, 1.165) is 44.2 Å². The zero-order chi connectivity index (χ0) is 25.0. The minimum absolute atomic E-state index is 0.0855. The topological polar surface area (TPSA) is 79.0 Å². The molecule has 0 aliphatic carbocycles. The SMILES string of the molecule is COc1ccc(NC(=O)C2CCCN(Cc3ccc(Cl)cc3Cl)C2)cc1S(=O)(=O)N1CCCCC1. The van der Waals surface area contributed by atoms with Crippen LogP contribution in [-0.4, -0.2) is 56.8 Å². The molecule has 2 aliphatic heterocycles. The number of carbonyl (C=O) groups excluding carboxylic acids is 1. The average molecular weight is 541 g/mol. The number of likely N-dealkylation sites (tertiary alicyclic amines) is 1. The highest BCUT2D eigenvalue weighted by atomic mass is 35.5. The summed E-state index contributed by atoms with van der Waals surface area (Å²) in [5.74, 6) is -0.0558. The number of methoxy groups -OCH3 is 1. The van der Waals surface area contributed by atoms with Crippen LogP contribution in [0.5, 0.6) is 5.75 Å². The molecule has 0 aromatic heterocycles. The molecule has 0 spiro atoms. The summed E-state index contributed by atoms with van der Waals surface area (Å²) in [5, 5.41) is 4.14. The predicted molar refractivity (Wildman–Crippen MR) is 139 cm³/mol. The number of ether oxygens (including phenoxy) is 1. The summed E-state index contributed by atoms with van der Waals surface area (Å²) in [5.41, 5.74) is 1.42. The van der Waals surface area contributed by atoms with Crippen molar-refractivity contribution in [3.05, 3.63) is 52.0 Å². The third kappa shape index (κ3) is 6.30. The van der Waals surface area contributed by atoms with E-state index >= 15 is 0 Å². The monoisotopic (exact) mass is 539 g/mol. The van der Waals surface area contributed by atoms with Crippen molar-refractivity contribution in [2.75, 3.05) is 38.6 Å². The van der Waals surface area contributed by atoms with Crippen LogP contribution in [0.2, 0.25) is 10.0 Å². The zero-order valence-electron chi connectivity index (χ0n) is 19.8. The Balaban J connectivity index is 1.45. The van der Waals surface area contributed by atoms with Gasteiger partial charge in [0.2, 0.25) is 15.9 Å². The second-order valence-corrected chi connectivity index (χ2v) is 11.9. The lowest BCUT2D eigenvalue weighted by Gasteiger charge is -2.32. The summed E-state index contributed by atoms with van der Waals surface area (Å²) in [6.07, 6.45) is 4.38. The lowest BCUT2D eigenvalue weighted by molar-refractivity contribution is -0.121. The standard InChI is InChI=1S/C25H31Cl2N3O4S/c1-34-23-10-9-21(15-24(23)35(32,33)30-12-3-2-4-13-30)28-25(31)19-6-5-11-29(17-19)16-18-7-8-20(26)14-22(18)27/h7-10,14-15,19H,2-6,11-13,16-17H2,1H3,(H,28,31). The van der Waals surface area contributed by atoms with E-state index in [4.69, 9.17) is 27.9 Å². The molecule has 10 heteroatoms. The van der Waals surface area contributed by atoms with E-state index in [1.165, 1.54) is 17.5 Å². The van der Waals surface area contributed by atoms with E-state index in [0.29, 0.717) is 41.9 Å². The molecule has 1 N–H and O–H groups in total. The zero-order valence-corrected chi connectivity index (χ0v) is 22.1. The molecule has 190 valence electrons. The number of carbonyl (C=O) groups is 1. The van der Waals surface area contributed by atoms with Crippen molar-refractivity contribution in [2.45, 2.75) is 43.5 Å². The van der Waals surface area contributed by atoms with Gasteiger partial charge in [-0.25, -0.2) is 8.42 Å². The number of anilines is 1. The minimum atomic E-state index is -3.71. The molecule has 1 unspecified atom stereocenters. The largest absolute Gasteiger partial charge is 0.495 e. The number of benzene rings is 2. The number of amides is 1. The summed E-state index contributed by atoms with van der Waals surface area (Å²) >= 11 is 12.3. The van der Waals surface area contributed by atoms with Crippen molar-refractivity contribution in [3.8, 4) is 5.75 Å². The Labute approximate surface area is 217 Å². The van der Waals surface area contributed by atoms with E-state index < -0.39 is 10.0 Å². The molecule has 0 saturated carbocycles. The number of hydrogen-bond donors (Lipinski definition) is 1. The maximum Gasteiger partial charge on any atom is 0.246 e. The van der Waals surface area contributed by atoms with Gasteiger partial charge in [-0.05, 0) is 68.1 Å². The Morgan fingerprint density at radius 3 is 2.54 bits per heavy atom. The molecule has 2 heterocycles. The molecule has 2 saturated heterocycles. The Morgan fingerprint density at radius 2 is 1.83 bits per heavy atom. The first-order valence-electron chi connectivity index (χ1n) is 11.9. The minimum Gasteiger partial charge on any atom is -0.495 e. The molecule has 0 bridgehead atoms. The molecule has 0 radical (unpaired) electrons. The second kappa shape index (κ2) is 11.5. The van der Waals surface area contributed by atoms with Gasteiger partial charge in [0.15, 0.2) is 0 Å². The highest BCUT2D eigenvalue weighted by Crippen LogP contribution is 2.32. The van der Waals surface area contributed by atoms with Crippen LogP contribution in [0.3, 0.4) is 0 Å². The lowest BCUT2D eigenvalue weighted by Crippen LogP contribution is -2.40. The molecule has 1 atom stereocenters. The Bertz CT molecular complexity index is 1170. The smallest absolute Gasteiger partial charge is 0.246 e. The third-order valence-electron chi connectivity index (χ3n) is 6.65. The van der Waals surface area contributed by atoms with E-state index in [1.807, 2.05) is 12.1 Å². The van der Waals surface area contributed by atoms with Gasteiger partial charge in [0.1, 0.15) is 10.6 Å². The van der Waals surface area contributed by atoms with Crippen molar-refractivity contribution < 1.29 is 17.9 Å². The Morgan fingerprint density at radius 1 is 1.06 bits per heavy atom. The van der Waals surface area contributed by atoms with Crippen LogP contribution in [0.25, 0.3) is 0 Å². The number of nitrogens with zero attached hydrogens (tertiary/aromatic N) is 2. The first-order chi connectivity index (χ1) is 16.8. The quantitative estimate of drug-likeness (QED) is 0.533. The van der Waals surface area contributed by atoms with E-state index in [-0.39, 0.29) is 22.5 Å². The molecule has 2 aromatic carbocycles. The van der Waals surface area contributed by atoms with Crippen LogP contribution in [0.15, 0.2) is 41.3 Å². The summed E-state index contributed by atoms with van der Waals surface area (Å²) < 4.78 is 33.4. The van der Waals surface area contributed by atoms with Gasteiger partial charge in [0.05, 0.1) is 13.0 Å². The number of sulfonamides is 1. The van der Waals surface area contributed by atoms with Crippen molar-refractivity contribution in [2.24, 2.45) is 5.92 Å². The summed E-state index contributed by atoms with van der Waals surface area (Å²) in [6.45, 7) is 3.11. The second-order valence-electron chi connectivity index (χ2n) is 9.13. The van der Waals surface area contributed by atoms with E-state index in [1.54, 1.807) is 18.2 Å². The van der Waals surface area contributed by atoms with Gasteiger partial charge in [-0.3, -0.25) is 9.69 Å². The number of halogens is 2. The van der Waals surface area contributed by atoms with Crippen molar-refractivity contribution in [3.63, 3.8) is 0 Å². The maximum atomic E-state index is 13.3. The Kier molecular flexibility index (Phi) is 8.60. The fourth-order valence-electron chi connectivity index (χ4n) is 4.75. The summed E-state index contributed by atoms with van der Waals surface area (Å²) in [4.78, 5) is 15.4. The third-order valence-corrected chi connectivity index (χ3v) is 9.16. The van der Waals surface area contributed by atoms with Gasteiger partial charge in [0, 0.05) is 41.9 Å². The fourth-order valence-corrected chi connectivity index (χ4v) is 6.92. The molecule has 4 rings (SSSR count). The number of hydrogen-bond acceptors (Lipinski definition) is 5. The van der Waals surface area contributed by atoms with Crippen LogP contribution < -0.4 is 10.1 Å². The normalized spacial score (nSPS) is 19.9. The fraction of sp³-hybridized carbons (Fsp3) is 0.480. The van der Waals surface area contributed by atoms with Crippen molar-refractivity contribution >= 4 is 44.8 Å². The van der Waals surface area contributed by atoms with Gasteiger partial charge in [-0.2, -0.15) is 4.31 Å². The number of nitrogens with one attached hydrogen (secondary N) is 1. The van der Waals surface area contributed by atoms with Crippen LogP contribution in [0, 0.1) is 5.92 Å². The van der Waals surface area contributed by atoms with Gasteiger partial charge < -0.3 is 10.1 Å². The van der Waals surface area contributed by atoms with Crippen molar-refractivity contribution in [1.82, 2.24) is 9.21 Å². The number of piperidine rings is 2. The molecular formula is C25H31Cl2N3O4S. The molecule has 1 amide bonds. The van der Waals surface area contributed by atoms with Gasteiger partial charge in [0.25, 0.3) is 0 Å². The lowest BCUT2D eigenvalue weighted by atomic mass is 9.96. The highest BCUT2D eigenvalue weighted by Gasteiger charge is 2.30. The van der Waals surface area contributed by atoms with Gasteiger partial charge in [-0.15, -0.1) is 0 Å². The van der Waals surface area contributed by atoms with Crippen molar-refractivity contribution in [1.29, 1.82) is 0 Å². The van der Waals surface area contributed by atoms with Crippen LogP contribution >= 0.6 is 23.2 Å². The molecular weight excluding hydrogens is 509 g/mol. The van der Waals surface area contributed by atoms with E-state index in [9.17, 15) is 13.2 Å². The first-order valence-corrected chi connectivity index (χ1v) is 14.1. The maximum absolute atomic E-state index is 13.3. The van der Waals surface area contributed by atoms with E-state index in [2.05, 4.69) is 10.2 Å². The first kappa shape index (κ1) is 26.2. The summed E-state index contributed by atoms with van der Waals surface area (Å²) in [7, 11) is -2.26. The molecule has 35 heavy (non-hydrogen) atoms. The number of rotatable bonds is 7. The molecule has 2 aliphatic rings. The highest BCUT2D eigenvalue weighted by molar-refractivity contribution is 7.89.